The van der Waals surface area contributed by atoms with Gasteiger partial charge in [-0.1, -0.05) is 63.0 Å². The van der Waals surface area contributed by atoms with Crippen LogP contribution in [0.25, 0.3) is 0 Å². The number of benzene rings is 2. The topological polar surface area (TPSA) is 90.9 Å². The summed E-state index contributed by atoms with van der Waals surface area (Å²) in [5.41, 5.74) is 1.60. The molecule has 2 aliphatic carbocycles. The van der Waals surface area contributed by atoms with Crippen molar-refractivity contribution in [1.82, 2.24) is 0 Å². The number of nitrogens with one attached hydrogen (secondary N) is 1. The third kappa shape index (κ3) is 6.09. The van der Waals surface area contributed by atoms with Crippen LogP contribution in [0, 0.1) is 10.8 Å². The molecule has 0 saturated carbocycles. The van der Waals surface area contributed by atoms with Gasteiger partial charge in [0.15, 0.2) is 29.7 Å². The molecular weight excluding hydrogens is 577 g/mol. The van der Waals surface area contributed by atoms with Crippen LogP contribution < -0.4 is 14.8 Å². The van der Waals surface area contributed by atoms with Crippen molar-refractivity contribution >= 4 is 46.4 Å². The van der Waals surface area contributed by atoms with Crippen LogP contribution in [-0.4, -0.2) is 30.7 Å². The first-order valence-corrected chi connectivity index (χ1v) is 14.9. The monoisotopic (exact) mass is 611 g/mol. The van der Waals surface area contributed by atoms with Gasteiger partial charge < -0.3 is 19.5 Å². The molecule has 7 nitrogen and oxygen atoms in total. The van der Waals surface area contributed by atoms with Crippen LogP contribution in [0.4, 0.5) is 5.69 Å². The average molecular weight is 613 g/mol. The number of carbonyl (C=O) groups excluding carboxylic acids is 3. The molecule has 1 amide bonds. The van der Waals surface area contributed by atoms with E-state index >= 15 is 0 Å². The standard InChI is InChI=1S/C33H35Cl2NO6/c1-6-40-24-12-18(11-20(35)31(24)41-17-27(39)36-21-10-8-7-9-19(21)34)28-29-22(37)13-32(2,3)15-25(29)42-26-16-33(4,5)14-23(38)30(26)28/h7-12,28H,6,13-17H2,1-5H3,(H,36,39). The average Bonchev–Trinajstić information content (AvgIpc) is 2.87. The Morgan fingerprint density at radius 1 is 0.905 bits per heavy atom. The predicted octanol–water partition coefficient (Wildman–Crippen LogP) is 7.81. The van der Waals surface area contributed by atoms with E-state index in [1.165, 1.54) is 0 Å². The Bertz CT molecular complexity index is 1480. The Labute approximate surface area is 256 Å². The van der Waals surface area contributed by atoms with E-state index in [-0.39, 0.29) is 39.8 Å². The molecule has 0 atom stereocenters. The van der Waals surface area contributed by atoms with E-state index in [0.29, 0.717) is 77.0 Å². The first-order valence-electron chi connectivity index (χ1n) is 14.1. The lowest BCUT2D eigenvalue weighted by Crippen LogP contribution is -2.37. The number of allylic oxidation sites excluding steroid dienone is 4. The van der Waals surface area contributed by atoms with Crippen molar-refractivity contribution in [2.45, 2.75) is 66.2 Å². The number of halogens is 2. The van der Waals surface area contributed by atoms with E-state index in [2.05, 4.69) is 5.32 Å². The van der Waals surface area contributed by atoms with Crippen LogP contribution in [-0.2, 0) is 19.1 Å². The van der Waals surface area contributed by atoms with Crippen LogP contribution in [0.1, 0.15) is 71.8 Å². The molecule has 5 rings (SSSR count). The molecular formula is C33H35Cl2NO6. The molecule has 1 heterocycles. The zero-order valence-electron chi connectivity index (χ0n) is 24.5. The summed E-state index contributed by atoms with van der Waals surface area (Å²) in [6, 6.07) is 10.3. The fourth-order valence-corrected chi connectivity index (χ4v) is 6.51. The molecule has 0 aromatic heterocycles. The highest BCUT2D eigenvalue weighted by Gasteiger charge is 2.48. The number of amides is 1. The second-order valence-corrected chi connectivity index (χ2v) is 13.5. The summed E-state index contributed by atoms with van der Waals surface area (Å²) in [4.78, 5) is 39.9. The minimum Gasteiger partial charge on any atom is -0.490 e. The number of carbonyl (C=O) groups is 3. The fraction of sp³-hybridized carbons (Fsp3) is 0.424. The van der Waals surface area contributed by atoms with Crippen molar-refractivity contribution < 1.29 is 28.6 Å². The van der Waals surface area contributed by atoms with E-state index in [4.69, 9.17) is 37.4 Å². The van der Waals surface area contributed by atoms with Gasteiger partial charge in [-0.05, 0) is 47.6 Å². The molecule has 0 saturated heterocycles. The zero-order valence-corrected chi connectivity index (χ0v) is 26.0. The van der Waals surface area contributed by atoms with E-state index in [9.17, 15) is 14.4 Å². The maximum absolute atomic E-state index is 13.6. The first kappa shape index (κ1) is 30.2. The van der Waals surface area contributed by atoms with Crippen molar-refractivity contribution in [3.63, 3.8) is 0 Å². The Balaban J connectivity index is 1.53. The van der Waals surface area contributed by atoms with Gasteiger partial charge >= 0.3 is 0 Å². The minimum absolute atomic E-state index is 0.0407. The zero-order chi connectivity index (χ0) is 30.4. The number of hydrogen-bond donors (Lipinski definition) is 1. The summed E-state index contributed by atoms with van der Waals surface area (Å²) < 4.78 is 18.2. The Morgan fingerprint density at radius 3 is 2.07 bits per heavy atom. The first-order chi connectivity index (χ1) is 19.8. The maximum Gasteiger partial charge on any atom is 0.262 e. The summed E-state index contributed by atoms with van der Waals surface area (Å²) in [6.07, 6.45) is 1.87. The summed E-state index contributed by atoms with van der Waals surface area (Å²) in [7, 11) is 0. The van der Waals surface area contributed by atoms with E-state index in [1.807, 2.05) is 34.6 Å². The molecule has 3 aliphatic rings. The molecule has 0 radical (unpaired) electrons. The van der Waals surface area contributed by atoms with Crippen LogP contribution in [0.15, 0.2) is 59.1 Å². The molecule has 0 unspecified atom stereocenters. The van der Waals surface area contributed by atoms with Gasteiger partial charge in [-0.2, -0.15) is 0 Å². The van der Waals surface area contributed by atoms with Gasteiger partial charge in [0, 0.05) is 42.7 Å². The number of ketones is 2. The highest BCUT2D eigenvalue weighted by Crippen LogP contribution is 2.54. The molecule has 0 bridgehead atoms. The number of para-hydroxylation sites is 1. The number of Topliss-reactive ketones (excluding diaryl/α,β-unsaturated/α-hetero) is 2. The van der Waals surface area contributed by atoms with Crippen molar-refractivity contribution in [2.75, 3.05) is 18.5 Å². The molecule has 9 heteroatoms. The van der Waals surface area contributed by atoms with Gasteiger partial charge in [-0.3, -0.25) is 14.4 Å². The van der Waals surface area contributed by atoms with E-state index in [0.717, 1.165) is 0 Å². The Hall–Kier alpha value is -3.29. The van der Waals surface area contributed by atoms with E-state index in [1.54, 1.807) is 36.4 Å². The molecule has 1 aliphatic heterocycles. The maximum atomic E-state index is 13.6. The largest absolute Gasteiger partial charge is 0.490 e. The van der Waals surface area contributed by atoms with Crippen LogP contribution in [0.5, 0.6) is 11.5 Å². The van der Waals surface area contributed by atoms with Crippen molar-refractivity contribution in [3.8, 4) is 11.5 Å². The lowest BCUT2D eigenvalue weighted by Gasteiger charge is -2.42. The molecule has 1 N–H and O–H groups in total. The highest BCUT2D eigenvalue weighted by atomic mass is 35.5. The summed E-state index contributed by atoms with van der Waals surface area (Å²) in [5.74, 6) is 0.609. The smallest absolute Gasteiger partial charge is 0.262 e. The van der Waals surface area contributed by atoms with Crippen LogP contribution in [0.3, 0.4) is 0 Å². The second-order valence-electron chi connectivity index (χ2n) is 12.7. The van der Waals surface area contributed by atoms with Crippen LogP contribution in [0.2, 0.25) is 10.0 Å². The minimum atomic E-state index is -0.634. The number of anilines is 1. The van der Waals surface area contributed by atoms with E-state index < -0.39 is 11.8 Å². The van der Waals surface area contributed by atoms with Crippen molar-refractivity contribution in [3.05, 3.63) is 74.7 Å². The van der Waals surface area contributed by atoms with Crippen LogP contribution >= 0.6 is 23.2 Å². The molecule has 2 aromatic carbocycles. The number of rotatable bonds is 7. The Morgan fingerprint density at radius 2 is 1.50 bits per heavy atom. The normalized spacial score (nSPS) is 19.6. The fourth-order valence-electron chi connectivity index (χ4n) is 6.05. The van der Waals surface area contributed by atoms with Gasteiger partial charge in [0.1, 0.15) is 11.5 Å². The second kappa shape index (κ2) is 11.4. The summed E-state index contributed by atoms with van der Waals surface area (Å²) in [5, 5.41) is 3.32. The Kier molecular flexibility index (Phi) is 8.20. The lowest BCUT2D eigenvalue weighted by molar-refractivity contribution is -0.120. The SMILES string of the molecule is CCOc1cc(C2C3=C(CC(C)(C)CC3=O)OC3=C2C(=O)CC(C)(C)C3)cc(Cl)c1OCC(=O)Nc1ccccc1Cl. The molecule has 0 spiro atoms. The molecule has 222 valence electrons. The third-order valence-corrected chi connectivity index (χ3v) is 8.35. The summed E-state index contributed by atoms with van der Waals surface area (Å²) >= 11 is 12.9. The van der Waals surface area contributed by atoms with Crippen molar-refractivity contribution in [2.24, 2.45) is 10.8 Å². The highest BCUT2D eigenvalue weighted by molar-refractivity contribution is 6.33. The van der Waals surface area contributed by atoms with Gasteiger partial charge in [0.2, 0.25) is 0 Å². The van der Waals surface area contributed by atoms with Gasteiger partial charge in [0.25, 0.3) is 5.91 Å². The predicted molar refractivity (Wildman–Crippen MR) is 162 cm³/mol. The van der Waals surface area contributed by atoms with Gasteiger partial charge in [0.05, 0.1) is 22.3 Å². The number of hydrogen-bond acceptors (Lipinski definition) is 6. The third-order valence-electron chi connectivity index (χ3n) is 7.74. The number of ether oxygens (including phenoxy) is 3. The lowest BCUT2D eigenvalue weighted by atomic mass is 9.65. The van der Waals surface area contributed by atoms with Crippen molar-refractivity contribution in [1.29, 1.82) is 0 Å². The summed E-state index contributed by atoms with van der Waals surface area (Å²) in [6.45, 7) is 9.97. The molecule has 2 aromatic rings. The van der Waals surface area contributed by atoms with Gasteiger partial charge in [-0.15, -0.1) is 0 Å². The molecule has 0 fully saturated rings. The molecule has 42 heavy (non-hydrogen) atoms. The van der Waals surface area contributed by atoms with Gasteiger partial charge in [-0.25, -0.2) is 0 Å². The quantitative estimate of drug-likeness (QED) is 0.343.